The third kappa shape index (κ3) is 5.20. The highest BCUT2D eigenvalue weighted by Crippen LogP contribution is 2.23. The number of carbonyl (C=O) groups excluding carboxylic acids is 1. The number of rotatable bonds is 6. The first kappa shape index (κ1) is 23.1. The summed E-state index contributed by atoms with van der Waals surface area (Å²) < 4.78 is 17.0. The van der Waals surface area contributed by atoms with Gasteiger partial charge in [0.25, 0.3) is 5.91 Å². The molecule has 3 heterocycles. The van der Waals surface area contributed by atoms with E-state index in [0.717, 1.165) is 34.3 Å². The van der Waals surface area contributed by atoms with Crippen LogP contribution in [-0.2, 0) is 17.8 Å². The Morgan fingerprint density at radius 3 is 2.89 bits per heavy atom. The number of ether oxygens (including phenoxy) is 2. The predicted octanol–water partition coefficient (Wildman–Crippen LogP) is 4.75. The molecule has 180 valence electrons. The van der Waals surface area contributed by atoms with Gasteiger partial charge in [0.05, 0.1) is 30.0 Å². The van der Waals surface area contributed by atoms with Gasteiger partial charge in [-0.15, -0.1) is 0 Å². The van der Waals surface area contributed by atoms with E-state index in [2.05, 4.69) is 22.3 Å². The minimum absolute atomic E-state index is 0.0112. The lowest BCUT2D eigenvalue weighted by atomic mass is 9.96. The highest BCUT2D eigenvalue weighted by atomic mass is 16.5. The second-order valence-electron chi connectivity index (χ2n) is 9.00. The van der Waals surface area contributed by atoms with Crippen LogP contribution in [0.2, 0.25) is 0 Å². The Morgan fingerprint density at radius 1 is 1.14 bits per heavy atom. The lowest BCUT2D eigenvalue weighted by Gasteiger charge is -2.24. The monoisotopic (exact) mass is 471 g/mol. The van der Waals surface area contributed by atoms with E-state index in [1.54, 1.807) is 6.07 Å². The summed E-state index contributed by atoms with van der Waals surface area (Å²) in [7, 11) is 0. The number of benzene rings is 2. The normalized spacial score (nSPS) is 16.3. The summed E-state index contributed by atoms with van der Waals surface area (Å²) in [5.74, 6) is 1.57. The molecule has 0 radical (unpaired) electrons. The van der Waals surface area contributed by atoms with Gasteiger partial charge in [0.2, 0.25) is 0 Å². The molecule has 0 spiro atoms. The van der Waals surface area contributed by atoms with E-state index in [9.17, 15) is 4.79 Å². The quantitative estimate of drug-likeness (QED) is 0.404. The lowest BCUT2D eigenvalue weighted by Crippen LogP contribution is -2.36. The van der Waals surface area contributed by atoms with Crippen LogP contribution >= 0.6 is 0 Å². The van der Waals surface area contributed by atoms with Gasteiger partial charge in [0.1, 0.15) is 18.1 Å². The maximum Gasteiger partial charge on any atom is 0.254 e. The van der Waals surface area contributed by atoms with Crippen LogP contribution in [0.25, 0.3) is 10.9 Å². The maximum atomic E-state index is 13.4. The van der Waals surface area contributed by atoms with Crippen LogP contribution in [0.1, 0.15) is 32.9 Å². The molecule has 0 N–H and O–H groups in total. The van der Waals surface area contributed by atoms with E-state index in [1.807, 2.05) is 61.3 Å². The van der Waals surface area contributed by atoms with Crippen molar-refractivity contribution in [3.05, 3.63) is 88.9 Å². The molecule has 1 saturated heterocycles. The number of amides is 1. The first-order valence-corrected chi connectivity index (χ1v) is 11.9. The third-order valence-electron chi connectivity index (χ3n) is 6.51. The van der Waals surface area contributed by atoms with Gasteiger partial charge < -0.3 is 18.9 Å². The fourth-order valence-electron chi connectivity index (χ4n) is 4.61. The van der Waals surface area contributed by atoms with Gasteiger partial charge in [0, 0.05) is 36.2 Å². The van der Waals surface area contributed by atoms with Gasteiger partial charge in [0.15, 0.2) is 0 Å². The van der Waals surface area contributed by atoms with Crippen molar-refractivity contribution in [3.63, 3.8) is 0 Å². The minimum atomic E-state index is -0.0112. The predicted molar refractivity (Wildman–Crippen MR) is 132 cm³/mol. The van der Waals surface area contributed by atoms with Crippen molar-refractivity contribution < 1.29 is 18.8 Å². The number of pyridine rings is 1. The van der Waals surface area contributed by atoms with Crippen molar-refractivity contribution in [2.45, 2.75) is 26.9 Å². The summed E-state index contributed by atoms with van der Waals surface area (Å²) in [4.78, 5) is 19.8. The molecule has 2 aromatic heterocycles. The SMILES string of the molecule is Cc1noc(C)c1COc1cccc(C(=O)N2CCOCC(Cc3cccc4ncccc34)C2)c1. The molecule has 2 aromatic carbocycles. The van der Waals surface area contributed by atoms with Crippen molar-refractivity contribution in [1.82, 2.24) is 15.0 Å². The number of hydrogen-bond donors (Lipinski definition) is 0. The summed E-state index contributed by atoms with van der Waals surface area (Å²) in [6, 6.07) is 17.6. The molecule has 1 atom stereocenters. The van der Waals surface area contributed by atoms with Gasteiger partial charge in [-0.1, -0.05) is 29.4 Å². The molecular formula is C28H29N3O4. The molecule has 0 aliphatic carbocycles. The van der Waals surface area contributed by atoms with Crippen molar-refractivity contribution in [1.29, 1.82) is 0 Å². The molecule has 1 aliphatic rings. The molecule has 1 unspecified atom stereocenters. The summed E-state index contributed by atoms with van der Waals surface area (Å²) in [5, 5.41) is 5.12. The largest absolute Gasteiger partial charge is 0.489 e. The topological polar surface area (TPSA) is 77.7 Å². The Labute approximate surface area is 204 Å². The average Bonchev–Trinajstić information content (AvgIpc) is 3.06. The van der Waals surface area contributed by atoms with Crippen LogP contribution in [0.3, 0.4) is 0 Å². The van der Waals surface area contributed by atoms with E-state index in [1.165, 1.54) is 5.56 Å². The first-order chi connectivity index (χ1) is 17.1. The molecule has 0 saturated carbocycles. The van der Waals surface area contributed by atoms with Gasteiger partial charge in [-0.2, -0.15) is 0 Å². The van der Waals surface area contributed by atoms with Crippen LogP contribution in [-0.4, -0.2) is 47.3 Å². The minimum Gasteiger partial charge on any atom is -0.489 e. The van der Waals surface area contributed by atoms with E-state index in [-0.39, 0.29) is 11.8 Å². The molecular weight excluding hydrogens is 442 g/mol. The second kappa shape index (κ2) is 10.3. The Kier molecular flexibility index (Phi) is 6.77. The molecule has 4 aromatic rings. The fraction of sp³-hybridized carbons (Fsp3) is 0.321. The molecule has 5 rings (SSSR count). The zero-order chi connectivity index (χ0) is 24.2. The van der Waals surface area contributed by atoms with E-state index >= 15 is 0 Å². The Bertz CT molecular complexity index is 1310. The molecule has 35 heavy (non-hydrogen) atoms. The molecule has 1 fully saturated rings. The van der Waals surface area contributed by atoms with Crippen LogP contribution in [0, 0.1) is 19.8 Å². The van der Waals surface area contributed by atoms with Gasteiger partial charge in [-0.05, 0) is 56.2 Å². The van der Waals surface area contributed by atoms with Crippen molar-refractivity contribution in [2.24, 2.45) is 5.92 Å². The summed E-state index contributed by atoms with van der Waals surface area (Å²) in [6.07, 6.45) is 2.64. The average molecular weight is 472 g/mol. The fourth-order valence-corrected chi connectivity index (χ4v) is 4.61. The van der Waals surface area contributed by atoms with E-state index < -0.39 is 0 Å². The zero-order valence-corrected chi connectivity index (χ0v) is 20.1. The highest BCUT2D eigenvalue weighted by molar-refractivity contribution is 5.94. The number of fused-ring (bicyclic) bond motifs is 1. The lowest BCUT2D eigenvalue weighted by molar-refractivity contribution is 0.0737. The number of carbonyl (C=O) groups is 1. The van der Waals surface area contributed by atoms with Crippen LogP contribution in [0.4, 0.5) is 0 Å². The highest BCUT2D eigenvalue weighted by Gasteiger charge is 2.24. The third-order valence-corrected chi connectivity index (χ3v) is 6.51. The summed E-state index contributed by atoms with van der Waals surface area (Å²) in [6.45, 7) is 6.46. The summed E-state index contributed by atoms with van der Waals surface area (Å²) in [5.41, 5.74) is 4.57. The van der Waals surface area contributed by atoms with Gasteiger partial charge in [-0.25, -0.2) is 0 Å². The molecule has 7 nitrogen and oxygen atoms in total. The van der Waals surface area contributed by atoms with Crippen molar-refractivity contribution in [3.8, 4) is 5.75 Å². The summed E-state index contributed by atoms with van der Waals surface area (Å²) >= 11 is 0. The van der Waals surface area contributed by atoms with Gasteiger partial charge in [-0.3, -0.25) is 9.78 Å². The van der Waals surface area contributed by atoms with Crippen molar-refractivity contribution in [2.75, 3.05) is 26.3 Å². The van der Waals surface area contributed by atoms with Crippen LogP contribution in [0.15, 0.2) is 65.3 Å². The number of hydrogen-bond acceptors (Lipinski definition) is 6. The van der Waals surface area contributed by atoms with Crippen LogP contribution < -0.4 is 4.74 Å². The molecule has 1 aliphatic heterocycles. The zero-order valence-electron chi connectivity index (χ0n) is 20.1. The van der Waals surface area contributed by atoms with Gasteiger partial charge >= 0.3 is 0 Å². The van der Waals surface area contributed by atoms with E-state index in [4.69, 9.17) is 14.0 Å². The smallest absolute Gasteiger partial charge is 0.254 e. The maximum absolute atomic E-state index is 13.4. The Hall–Kier alpha value is -3.71. The number of nitrogens with zero attached hydrogens (tertiary/aromatic N) is 3. The Morgan fingerprint density at radius 2 is 2.03 bits per heavy atom. The second-order valence-corrected chi connectivity index (χ2v) is 9.00. The number of aryl methyl sites for hydroxylation is 2. The standard InChI is InChI=1S/C28H29N3O4/c1-19-26(20(2)35-30-19)18-34-24-8-3-7-23(15-24)28(32)31-12-13-33-17-21(16-31)14-22-6-4-10-27-25(22)9-5-11-29-27/h3-11,15,21H,12-14,16-18H2,1-2H3. The van der Waals surface area contributed by atoms with Crippen molar-refractivity contribution >= 4 is 16.8 Å². The molecule has 7 heteroatoms. The first-order valence-electron chi connectivity index (χ1n) is 11.9. The Balaban J connectivity index is 1.28. The number of aromatic nitrogens is 2. The van der Waals surface area contributed by atoms with E-state index in [0.29, 0.717) is 44.2 Å². The molecule has 1 amide bonds. The van der Waals surface area contributed by atoms with Crippen LogP contribution in [0.5, 0.6) is 5.75 Å². The molecule has 0 bridgehead atoms.